The molecule has 2 N–H and O–H groups in total. The number of anilines is 2. The molecule has 6 nitrogen and oxygen atoms in total. The fourth-order valence-corrected chi connectivity index (χ4v) is 4.01. The highest BCUT2D eigenvalue weighted by molar-refractivity contribution is 6.34. The van der Waals surface area contributed by atoms with Gasteiger partial charge < -0.3 is 15.4 Å². The van der Waals surface area contributed by atoms with Gasteiger partial charge in [-0.3, -0.25) is 14.5 Å². The summed E-state index contributed by atoms with van der Waals surface area (Å²) in [6, 6.07) is 13.5. The van der Waals surface area contributed by atoms with Gasteiger partial charge in [-0.15, -0.1) is 0 Å². The molecule has 2 aromatic rings. The van der Waals surface area contributed by atoms with E-state index in [-0.39, 0.29) is 30.3 Å². The Morgan fingerprint density at radius 3 is 2.86 bits per heavy atom. The highest BCUT2D eigenvalue weighted by Crippen LogP contribution is 2.37. The molecular formula is C21H22ClN3O3. The van der Waals surface area contributed by atoms with Crippen molar-refractivity contribution in [2.24, 2.45) is 11.8 Å². The number of carbonyl (C=O) groups is 2. The molecule has 1 saturated heterocycles. The molecule has 0 saturated carbocycles. The fraction of sp³-hybridized carbons (Fsp3) is 0.333. The summed E-state index contributed by atoms with van der Waals surface area (Å²) in [4.78, 5) is 26.6. The molecule has 2 aromatic carbocycles. The Balaban J connectivity index is 1.43. The summed E-state index contributed by atoms with van der Waals surface area (Å²) in [6.07, 6.45) is 0. The van der Waals surface area contributed by atoms with Crippen molar-refractivity contribution in [3.63, 3.8) is 0 Å². The zero-order chi connectivity index (χ0) is 19.7. The SMILES string of the molecule is C[C@@H]1CN(Cc2ccccc2)C[C@H]1C(=O)Nc1cc2c(cc1Cl)NC(=O)CO2. The van der Waals surface area contributed by atoms with Crippen molar-refractivity contribution in [3.05, 3.63) is 53.1 Å². The zero-order valence-corrected chi connectivity index (χ0v) is 16.3. The van der Waals surface area contributed by atoms with Gasteiger partial charge in [-0.2, -0.15) is 0 Å². The first-order chi connectivity index (χ1) is 13.5. The third-order valence-corrected chi connectivity index (χ3v) is 5.55. The number of hydrogen-bond acceptors (Lipinski definition) is 4. The summed E-state index contributed by atoms with van der Waals surface area (Å²) in [7, 11) is 0. The van der Waals surface area contributed by atoms with E-state index in [0.29, 0.717) is 28.7 Å². The second-order valence-corrected chi connectivity index (χ2v) is 7.82. The molecule has 1 fully saturated rings. The Hall–Kier alpha value is -2.57. The molecule has 28 heavy (non-hydrogen) atoms. The Morgan fingerprint density at radius 2 is 2.07 bits per heavy atom. The van der Waals surface area contributed by atoms with Gasteiger partial charge in [-0.25, -0.2) is 0 Å². The van der Waals surface area contributed by atoms with Crippen LogP contribution in [0.3, 0.4) is 0 Å². The number of benzene rings is 2. The van der Waals surface area contributed by atoms with Gasteiger partial charge in [-0.1, -0.05) is 48.9 Å². The lowest BCUT2D eigenvalue weighted by Crippen LogP contribution is -2.29. The van der Waals surface area contributed by atoms with Crippen LogP contribution in [0.1, 0.15) is 12.5 Å². The molecule has 0 spiro atoms. The van der Waals surface area contributed by atoms with Gasteiger partial charge in [0.25, 0.3) is 5.91 Å². The van der Waals surface area contributed by atoms with E-state index in [4.69, 9.17) is 16.3 Å². The van der Waals surface area contributed by atoms with E-state index in [1.165, 1.54) is 5.56 Å². The van der Waals surface area contributed by atoms with Gasteiger partial charge in [0.1, 0.15) is 5.75 Å². The Morgan fingerprint density at radius 1 is 1.29 bits per heavy atom. The van der Waals surface area contributed by atoms with Crippen molar-refractivity contribution in [2.75, 3.05) is 30.3 Å². The molecular weight excluding hydrogens is 378 g/mol. The van der Waals surface area contributed by atoms with E-state index < -0.39 is 0 Å². The normalized spacial score (nSPS) is 21.6. The highest BCUT2D eigenvalue weighted by Gasteiger charge is 2.35. The number of likely N-dealkylation sites (tertiary alicyclic amines) is 1. The van der Waals surface area contributed by atoms with Crippen molar-refractivity contribution in [3.8, 4) is 5.75 Å². The molecule has 146 valence electrons. The summed E-state index contributed by atoms with van der Waals surface area (Å²) in [6.45, 7) is 4.47. The minimum atomic E-state index is -0.223. The number of fused-ring (bicyclic) bond motifs is 1. The number of rotatable bonds is 4. The number of halogens is 1. The average Bonchev–Trinajstić information content (AvgIpc) is 3.03. The van der Waals surface area contributed by atoms with Crippen LogP contribution in [0.15, 0.2) is 42.5 Å². The smallest absolute Gasteiger partial charge is 0.262 e. The van der Waals surface area contributed by atoms with Crippen molar-refractivity contribution in [2.45, 2.75) is 13.5 Å². The van der Waals surface area contributed by atoms with Crippen LogP contribution in [0.4, 0.5) is 11.4 Å². The molecule has 7 heteroatoms. The second kappa shape index (κ2) is 7.81. The first-order valence-corrected chi connectivity index (χ1v) is 9.71. The number of nitrogens with one attached hydrogen (secondary N) is 2. The van der Waals surface area contributed by atoms with E-state index in [1.54, 1.807) is 12.1 Å². The Labute approximate surface area is 168 Å². The van der Waals surface area contributed by atoms with Crippen LogP contribution < -0.4 is 15.4 Å². The van der Waals surface area contributed by atoms with E-state index in [1.807, 2.05) is 18.2 Å². The Kier molecular flexibility index (Phi) is 5.24. The summed E-state index contributed by atoms with van der Waals surface area (Å²) < 4.78 is 5.41. The Bertz CT molecular complexity index is 903. The zero-order valence-electron chi connectivity index (χ0n) is 15.6. The first-order valence-electron chi connectivity index (χ1n) is 9.33. The lowest BCUT2D eigenvalue weighted by atomic mass is 9.97. The van der Waals surface area contributed by atoms with Crippen molar-refractivity contribution < 1.29 is 14.3 Å². The molecule has 0 aliphatic carbocycles. The topological polar surface area (TPSA) is 70.7 Å². The molecule has 2 aliphatic heterocycles. The van der Waals surface area contributed by atoms with E-state index in [2.05, 4.69) is 34.6 Å². The quantitative estimate of drug-likeness (QED) is 0.826. The monoisotopic (exact) mass is 399 g/mol. The van der Waals surface area contributed by atoms with Crippen molar-refractivity contribution >= 4 is 34.8 Å². The number of amides is 2. The maximum absolute atomic E-state index is 12.9. The minimum absolute atomic E-state index is 0.0455. The summed E-state index contributed by atoms with van der Waals surface area (Å²) in [5.41, 5.74) is 2.26. The average molecular weight is 400 g/mol. The van der Waals surface area contributed by atoms with Crippen LogP contribution >= 0.6 is 11.6 Å². The molecule has 2 heterocycles. The summed E-state index contributed by atoms with van der Waals surface area (Å²) >= 11 is 6.30. The van der Waals surface area contributed by atoms with E-state index >= 15 is 0 Å². The molecule has 0 aromatic heterocycles. The summed E-state index contributed by atoms with van der Waals surface area (Å²) in [5.74, 6) is 0.361. The van der Waals surface area contributed by atoms with Crippen LogP contribution in [0.25, 0.3) is 0 Å². The van der Waals surface area contributed by atoms with Crippen LogP contribution in [0, 0.1) is 11.8 Å². The van der Waals surface area contributed by atoms with Gasteiger partial charge >= 0.3 is 0 Å². The fourth-order valence-electron chi connectivity index (χ4n) is 3.80. The van der Waals surface area contributed by atoms with Crippen LogP contribution in [-0.2, 0) is 16.1 Å². The van der Waals surface area contributed by atoms with Gasteiger partial charge in [0.05, 0.1) is 22.3 Å². The standard InChI is InChI=1S/C21H22ClN3O3/c1-13-9-25(10-14-5-3-2-4-6-14)11-15(13)21(27)24-17-8-19-18(7-16(17)22)23-20(26)12-28-19/h2-8,13,15H,9-12H2,1H3,(H,23,26)(H,24,27)/t13-,15-/m1/s1. The maximum atomic E-state index is 12.9. The molecule has 2 amide bonds. The van der Waals surface area contributed by atoms with Crippen LogP contribution in [-0.4, -0.2) is 36.4 Å². The molecule has 2 atom stereocenters. The van der Waals surface area contributed by atoms with Gasteiger partial charge in [-0.05, 0) is 17.5 Å². The molecule has 0 bridgehead atoms. The minimum Gasteiger partial charge on any atom is -0.482 e. The largest absolute Gasteiger partial charge is 0.482 e. The third-order valence-electron chi connectivity index (χ3n) is 5.23. The lowest BCUT2D eigenvalue weighted by Gasteiger charge is -2.21. The molecule has 0 unspecified atom stereocenters. The first kappa shape index (κ1) is 18.8. The number of carbonyl (C=O) groups excluding carboxylic acids is 2. The van der Waals surface area contributed by atoms with Gasteiger partial charge in [0, 0.05) is 25.7 Å². The number of nitrogens with zero attached hydrogens (tertiary/aromatic N) is 1. The lowest BCUT2D eigenvalue weighted by molar-refractivity contribution is -0.120. The van der Waals surface area contributed by atoms with E-state index in [9.17, 15) is 9.59 Å². The van der Waals surface area contributed by atoms with Crippen LogP contribution in [0.5, 0.6) is 5.75 Å². The van der Waals surface area contributed by atoms with Crippen molar-refractivity contribution in [1.82, 2.24) is 4.90 Å². The van der Waals surface area contributed by atoms with Gasteiger partial charge in [0.2, 0.25) is 5.91 Å². The number of ether oxygens (including phenoxy) is 1. The molecule has 4 rings (SSSR count). The van der Waals surface area contributed by atoms with Crippen molar-refractivity contribution in [1.29, 1.82) is 0 Å². The second-order valence-electron chi connectivity index (χ2n) is 7.42. The summed E-state index contributed by atoms with van der Waals surface area (Å²) in [5, 5.41) is 6.01. The highest BCUT2D eigenvalue weighted by atomic mass is 35.5. The predicted molar refractivity (Wildman–Crippen MR) is 109 cm³/mol. The van der Waals surface area contributed by atoms with E-state index in [0.717, 1.165) is 13.1 Å². The molecule has 2 aliphatic rings. The third kappa shape index (κ3) is 3.98. The van der Waals surface area contributed by atoms with Gasteiger partial charge in [0.15, 0.2) is 6.61 Å². The van der Waals surface area contributed by atoms with Crippen LogP contribution in [0.2, 0.25) is 5.02 Å². The predicted octanol–water partition coefficient (Wildman–Crippen LogP) is 3.38. The molecule has 0 radical (unpaired) electrons. The maximum Gasteiger partial charge on any atom is 0.262 e. The number of hydrogen-bond donors (Lipinski definition) is 2.